The van der Waals surface area contributed by atoms with Crippen LogP contribution in [0.5, 0.6) is 0 Å². The van der Waals surface area contributed by atoms with Crippen molar-refractivity contribution in [2.75, 3.05) is 13.2 Å². The summed E-state index contributed by atoms with van der Waals surface area (Å²) in [5, 5.41) is 0. The van der Waals surface area contributed by atoms with Crippen molar-refractivity contribution < 1.29 is 28.6 Å². The van der Waals surface area contributed by atoms with Crippen molar-refractivity contribution in [3.8, 4) is 0 Å². The van der Waals surface area contributed by atoms with Crippen LogP contribution in [0.2, 0.25) is 0 Å². The zero-order chi connectivity index (χ0) is 58.5. The monoisotopic (exact) mass is 1120 g/mol. The molecule has 6 nitrogen and oxygen atoms in total. The molecule has 1 unspecified atom stereocenters. The van der Waals surface area contributed by atoms with Gasteiger partial charge in [0, 0.05) is 19.3 Å². The summed E-state index contributed by atoms with van der Waals surface area (Å²) < 4.78 is 16.9. The average molecular weight is 1120 g/mol. The number of carbonyl (C=O) groups is 3. The lowest BCUT2D eigenvalue weighted by molar-refractivity contribution is -0.167. The molecule has 0 aliphatic heterocycles. The number of hydrogen-bond donors (Lipinski definition) is 0. The van der Waals surface area contributed by atoms with E-state index in [0.29, 0.717) is 19.3 Å². The highest BCUT2D eigenvalue weighted by Gasteiger charge is 2.19. The molecular weight excluding hydrogens is 997 g/mol. The minimum atomic E-state index is -0.802. The van der Waals surface area contributed by atoms with E-state index in [-0.39, 0.29) is 31.1 Å². The number of carbonyl (C=O) groups excluding carboxylic acids is 3. The fraction of sp³-hybridized carbons (Fsp3) is 0.693. The summed E-state index contributed by atoms with van der Waals surface area (Å²) in [6.45, 7) is 6.40. The highest BCUT2D eigenvalue weighted by molar-refractivity contribution is 5.71. The van der Waals surface area contributed by atoms with Crippen LogP contribution < -0.4 is 0 Å². The zero-order valence-electron chi connectivity index (χ0n) is 53.0. The van der Waals surface area contributed by atoms with Crippen LogP contribution in [0.15, 0.2) is 122 Å². The van der Waals surface area contributed by atoms with Gasteiger partial charge in [0.25, 0.3) is 0 Å². The van der Waals surface area contributed by atoms with Gasteiger partial charge < -0.3 is 14.2 Å². The summed E-state index contributed by atoms with van der Waals surface area (Å²) in [6.07, 6.45) is 95.0. The van der Waals surface area contributed by atoms with Gasteiger partial charge in [-0.3, -0.25) is 14.4 Å². The van der Waals surface area contributed by atoms with Crippen LogP contribution in [0, 0.1) is 0 Å². The first-order valence-electron chi connectivity index (χ1n) is 34.0. The molecule has 0 saturated heterocycles. The Bertz CT molecular complexity index is 1670. The van der Waals surface area contributed by atoms with Gasteiger partial charge in [-0.05, 0) is 109 Å². The molecule has 0 bridgehead atoms. The number of hydrogen-bond acceptors (Lipinski definition) is 6. The van der Waals surface area contributed by atoms with E-state index in [2.05, 4.69) is 142 Å². The predicted molar refractivity (Wildman–Crippen MR) is 353 cm³/mol. The van der Waals surface area contributed by atoms with E-state index in [9.17, 15) is 14.4 Å². The second-order valence-corrected chi connectivity index (χ2v) is 22.3. The third kappa shape index (κ3) is 66.5. The zero-order valence-corrected chi connectivity index (χ0v) is 53.0. The summed E-state index contributed by atoms with van der Waals surface area (Å²) >= 11 is 0. The lowest BCUT2D eigenvalue weighted by Crippen LogP contribution is -2.30. The van der Waals surface area contributed by atoms with E-state index in [1.165, 1.54) is 148 Å². The SMILES string of the molecule is CC/C=C\C/C=C\C/C=C\C/C=C\C/C=C\C/C=C\CCCCCCCCCCC(=O)OCC(COC(=O)CCCC/C=C\C/C=C\C/C=C\C/C=C\CC)OC(=O)CCCCCCCCCCCCCCCCCCCCCCC. The molecule has 0 heterocycles. The molecule has 6 heteroatoms. The van der Waals surface area contributed by atoms with Crippen LogP contribution in [-0.2, 0) is 28.6 Å². The Hall–Kier alpha value is -4.19. The van der Waals surface area contributed by atoms with Gasteiger partial charge in [0.2, 0.25) is 0 Å². The lowest BCUT2D eigenvalue weighted by Gasteiger charge is -2.18. The molecule has 0 aliphatic carbocycles. The summed E-state index contributed by atoms with van der Waals surface area (Å²) in [7, 11) is 0. The van der Waals surface area contributed by atoms with E-state index in [0.717, 1.165) is 128 Å². The van der Waals surface area contributed by atoms with Crippen molar-refractivity contribution in [2.24, 2.45) is 0 Å². The molecule has 81 heavy (non-hydrogen) atoms. The second-order valence-electron chi connectivity index (χ2n) is 22.3. The molecule has 0 spiro atoms. The van der Waals surface area contributed by atoms with Crippen LogP contribution in [0.25, 0.3) is 0 Å². The number of ether oxygens (including phenoxy) is 3. The minimum Gasteiger partial charge on any atom is -0.462 e. The van der Waals surface area contributed by atoms with Crippen molar-refractivity contribution in [1.82, 2.24) is 0 Å². The first kappa shape index (κ1) is 76.8. The number of esters is 3. The average Bonchev–Trinajstić information content (AvgIpc) is 3.47. The van der Waals surface area contributed by atoms with Crippen LogP contribution in [-0.4, -0.2) is 37.2 Å². The predicted octanol–water partition coefficient (Wildman–Crippen LogP) is 23.6. The van der Waals surface area contributed by atoms with Gasteiger partial charge in [0.05, 0.1) is 0 Å². The molecule has 0 rings (SSSR count). The van der Waals surface area contributed by atoms with Gasteiger partial charge in [-0.1, -0.05) is 309 Å². The van der Waals surface area contributed by atoms with Gasteiger partial charge in [-0.2, -0.15) is 0 Å². The molecule has 0 aromatic carbocycles. The Kier molecular flexibility index (Phi) is 64.8. The van der Waals surface area contributed by atoms with E-state index >= 15 is 0 Å². The Morgan fingerprint density at radius 3 is 0.778 bits per heavy atom. The van der Waals surface area contributed by atoms with E-state index in [1.54, 1.807) is 0 Å². The molecule has 0 fully saturated rings. The number of allylic oxidation sites excluding steroid dienone is 20. The van der Waals surface area contributed by atoms with Crippen LogP contribution >= 0.6 is 0 Å². The third-order valence-electron chi connectivity index (χ3n) is 14.5. The summed E-state index contributed by atoms with van der Waals surface area (Å²) in [5.74, 6) is -0.935. The van der Waals surface area contributed by atoms with Crippen molar-refractivity contribution in [3.63, 3.8) is 0 Å². The number of unbranched alkanes of at least 4 members (excludes halogenated alkanes) is 30. The van der Waals surface area contributed by atoms with Crippen molar-refractivity contribution in [1.29, 1.82) is 0 Å². The molecule has 462 valence electrons. The topological polar surface area (TPSA) is 78.9 Å². The Morgan fingerprint density at radius 1 is 0.259 bits per heavy atom. The maximum Gasteiger partial charge on any atom is 0.306 e. The molecule has 0 amide bonds. The van der Waals surface area contributed by atoms with Gasteiger partial charge >= 0.3 is 17.9 Å². The maximum atomic E-state index is 12.9. The highest BCUT2D eigenvalue weighted by atomic mass is 16.6. The molecule has 1 atom stereocenters. The summed E-state index contributed by atoms with van der Waals surface area (Å²) in [4.78, 5) is 38.4. The van der Waals surface area contributed by atoms with Crippen molar-refractivity contribution in [2.45, 2.75) is 322 Å². The molecule has 0 radical (unpaired) electrons. The smallest absolute Gasteiger partial charge is 0.306 e. The Labute approximate surface area is 501 Å². The van der Waals surface area contributed by atoms with Crippen LogP contribution in [0.4, 0.5) is 0 Å². The first-order valence-corrected chi connectivity index (χ1v) is 34.0. The van der Waals surface area contributed by atoms with Crippen LogP contribution in [0.3, 0.4) is 0 Å². The quantitative estimate of drug-likeness (QED) is 0.0261. The molecule has 0 aliphatic rings. The molecule has 0 aromatic rings. The molecule has 0 aromatic heterocycles. The minimum absolute atomic E-state index is 0.0957. The van der Waals surface area contributed by atoms with E-state index in [4.69, 9.17) is 14.2 Å². The Morgan fingerprint density at radius 2 is 0.481 bits per heavy atom. The third-order valence-corrected chi connectivity index (χ3v) is 14.5. The van der Waals surface area contributed by atoms with Crippen LogP contribution in [0.1, 0.15) is 316 Å². The largest absolute Gasteiger partial charge is 0.462 e. The van der Waals surface area contributed by atoms with Gasteiger partial charge in [0.1, 0.15) is 13.2 Å². The summed E-state index contributed by atoms with van der Waals surface area (Å²) in [5.41, 5.74) is 0. The van der Waals surface area contributed by atoms with Gasteiger partial charge in [-0.25, -0.2) is 0 Å². The standard InChI is InChI=1S/C75H126O6/c1-4-7-10-13-16-19-22-25-28-30-32-34-35-36-37-38-39-41-42-44-47-50-53-56-59-62-65-68-74(77)80-71-72(70-79-73(76)67-64-61-58-55-52-49-46-27-24-21-18-15-12-9-6-3)81-75(78)69-66-63-60-57-54-51-48-45-43-40-33-31-29-26-23-20-17-14-11-8-5-2/h7,9-10,12,16,18-19,21,25,27-28,32,34,36-37,39,41,46,52,55,72H,4-6,8,11,13-15,17,20,22-24,26,29-31,33,35,38,40,42-45,47-51,53-54,56-71H2,1-3H3/b10-7-,12-9-,19-16-,21-18-,28-25-,34-32-,37-36-,41-39-,46-27-,55-52-. The van der Waals surface area contributed by atoms with Crippen molar-refractivity contribution >= 4 is 17.9 Å². The van der Waals surface area contributed by atoms with Crippen molar-refractivity contribution in [3.05, 3.63) is 122 Å². The second kappa shape index (κ2) is 68.3. The lowest BCUT2D eigenvalue weighted by atomic mass is 10.0. The maximum absolute atomic E-state index is 12.9. The first-order chi connectivity index (χ1) is 40.0. The molecule has 0 N–H and O–H groups in total. The summed E-state index contributed by atoms with van der Waals surface area (Å²) in [6, 6.07) is 0. The van der Waals surface area contributed by atoms with E-state index < -0.39 is 6.10 Å². The molecular formula is C75H126O6. The van der Waals surface area contributed by atoms with E-state index in [1.807, 2.05) is 0 Å². The van der Waals surface area contributed by atoms with Gasteiger partial charge in [-0.15, -0.1) is 0 Å². The highest BCUT2D eigenvalue weighted by Crippen LogP contribution is 2.17. The normalized spacial score (nSPS) is 12.9. The fourth-order valence-electron chi connectivity index (χ4n) is 9.44. The molecule has 0 saturated carbocycles. The van der Waals surface area contributed by atoms with Gasteiger partial charge in [0.15, 0.2) is 6.10 Å². The number of rotatable bonds is 61. The Balaban J connectivity index is 4.38. The fourth-order valence-corrected chi connectivity index (χ4v) is 9.44.